The quantitative estimate of drug-likeness (QED) is 0.646. The van der Waals surface area contributed by atoms with Crippen molar-refractivity contribution in [1.82, 2.24) is 10.3 Å². The van der Waals surface area contributed by atoms with E-state index >= 15 is 0 Å². The van der Waals surface area contributed by atoms with Gasteiger partial charge in [0.05, 0.1) is 18.5 Å². The van der Waals surface area contributed by atoms with Crippen molar-refractivity contribution in [3.05, 3.63) is 82.7 Å². The van der Waals surface area contributed by atoms with E-state index in [9.17, 15) is 14.7 Å². The fourth-order valence-electron chi connectivity index (χ4n) is 4.37. The van der Waals surface area contributed by atoms with Crippen LogP contribution < -0.4 is 15.0 Å². The van der Waals surface area contributed by atoms with E-state index in [2.05, 4.69) is 16.4 Å². The second-order valence-corrected chi connectivity index (χ2v) is 8.04. The lowest BCUT2D eigenvalue weighted by Crippen LogP contribution is -2.46. The molecule has 33 heavy (non-hydrogen) atoms. The highest BCUT2D eigenvalue weighted by Gasteiger charge is 2.37. The van der Waals surface area contributed by atoms with E-state index in [4.69, 9.17) is 9.73 Å². The van der Waals surface area contributed by atoms with Crippen LogP contribution in [-0.4, -0.2) is 47.4 Å². The van der Waals surface area contributed by atoms with Gasteiger partial charge in [0, 0.05) is 35.6 Å². The van der Waals surface area contributed by atoms with E-state index in [1.54, 1.807) is 29.2 Å². The summed E-state index contributed by atoms with van der Waals surface area (Å²) < 4.78 is 5.29. The average molecular weight is 442 g/mol. The minimum Gasteiger partial charge on any atom is -0.504 e. The van der Waals surface area contributed by atoms with Gasteiger partial charge in [-0.25, -0.2) is 4.99 Å². The standard InChI is InChI=1S/C25H22N4O4/c1-14-11-17-7-10-29-22(17)18(12-14)21(16-3-4-19(30)20(13-16)33-2)27-23(25(29)32)28-24(31)15-5-8-26-9-6-15/h3-6,8-9,11-13,23,30H,7,10H2,1-2H3,(H,28,31)/t23-/m0/s1. The summed E-state index contributed by atoms with van der Waals surface area (Å²) in [6, 6.07) is 12.2. The second kappa shape index (κ2) is 8.05. The van der Waals surface area contributed by atoms with Crippen molar-refractivity contribution in [3.8, 4) is 11.5 Å². The number of hydrogen-bond donors (Lipinski definition) is 2. The molecule has 3 aromatic rings. The van der Waals surface area contributed by atoms with Crippen molar-refractivity contribution >= 4 is 23.2 Å². The molecule has 2 amide bonds. The van der Waals surface area contributed by atoms with Gasteiger partial charge in [0.2, 0.25) is 6.17 Å². The van der Waals surface area contributed by atoms with Gasteiger partial charge in [-0.2, -0.15) is 0 Å². The molecule has 2 N–H and O–H groups in total. The lowest BCUT2D eigenvalue weighted by atomic mass is 9.95. The molecule has 3 heterocycles. The molecule has 2 aromatic carbocycles. The van der Waals surface area contributed by atoms with E-state index < -0.39 is 12.1 Å². The first-order valence-corrected chi connectivity index (χ1v) is 10.6. The number of rotatable bonds is 4. The largest absolute Gasteiger partial charge is 0.504 e. The van der Waals surface area contributed by atoms with Gasteiger partial charge in [-0.1, -0.05) is 11.6 Å². The van der Waals surface area contributed by atoms with Crippen LogP contribution in [0.3, 0.4) is 0 Å². The third kappa shape index (κ3) is 3.59. The summed E-state index contributed by atoms with van der Waals surface area (Å²) in [6.45, 7) is 2.53. The predicted molar refractivity (Wildman–Crippen MR) is 123 cm³/mol. The number of phenols is 1. The number of aryl methyl sites for hydroxylation is 1. The van der Waals surface area contributed by atoms with Gasteiger partial charge in [0.25, 0.3) is 11.8 Å². The van der Waals surface area contributed by atoms with Gasteiger partial charge >= 0.3 is 0 Å². The number of anilines is 1. The first-order valence-electron chi connectivity index (χ1n) is 10.6. The highest BCUT2D eigenvalue weighted by Crippen LogP contribution is 2.38. The zero-order valence-corrected chi connectivity index (χ0v) is 18.2. The molecule has 5 rings (SSSR count). The highest BCUT2D eigenvalue weighted by atomic mass is 16.5. The van der Waals surface area contributed by atoms with Gasteiger partial charge in [-0.05, 0) is 55.3 Å². The first kappa shape index (κ1) is 20.7. The van der Waals surface area contributed by atoms with Crippen molar-refractivity contribution in [2.75, 3.05) is 18.6 Å². The van der Waals surface area contributed by atoms with Gasteiger partial charge < -0.3 is 20.1 Å². The summed E-state index contributed by atoms with van der Waals surface area (Å²) in [5.41, 5.74) is 5.35. The molecule has 2 aliphatic heterocycles. The van der Waals surface area contributed by atoms with Crippen LogP contribution in [0.2, 0.25) is 0 Å². The summed E-state index contributed by atoms with van der Waals surface area (Å²) in [5, 5.41) is 12.8. The van der Waals surface area contributed by atoms with Crippen molar-refractivity contribution in [3.63, 3.8) is 0 Å². The normalized spacial score (nSPS) is 16.7. The van der Waals surface area contributed by atoms with E-state index in [1.807, 2.05) is 13.0 Å². The lowest BCUT2D eigenvalue weighted by Gasteiger charge is -2.21. The molecule has 0 bridgehead atoms. The molecule has 0 saturated heterocycles. The first-order chi connectivity index (χ1) is 16.0. The molecule has 1 atom stereocenters. The molecule has 0 spiro atoms. The van der Waals surface area contributed by atoms with E-state index in [1.165, 1.54) is 25.6 Å². The molecular formula is C25H22N4O4. The zero-order valence-electron chi connectivity index (χ0n) is 18.2. The Morgan fingerprint density at radius 2 is 1.97 bits per heavy atom. The number of ether oxygens (including phenoxy) is 1. The molecule has 0 saturated carbocycles. The number of amides is 2. The number of carbonyl (C=O) groups excluding carboxylic acids is 2. The number of phenolic OH excluding ortho intramolecular Hbond substituents is 1. The summed E-state index contributed by atoms with van der Waals surface area (Å²) >= 11 is 0. The Bertz CT molecular complexity index is 1300. The predicted octanol–water partition coefficient (Wildman–Crippen LogP) is 2.60. The Hall–Kier alpha value is -4.20. The number of nitrogens with one attached hydrogen (secondary N) is 1. The number of carbonyl (C=O) groups is 2. The number of hydrogen-bond acceptors (Lipinski definition) is 6. The van der Waals surface area contributed by atoms with E-state index in [0.717, 1.165) is 28.8 Å². The number of aromatic hydroxyl groups is 1. The molecule has 0 radical (unpaired) electrons. The number of methoxy groups -OCH3 is 1. The van der Waals surface area contributed by atoms with Crippen molar-refractivity contribution < 1.29 is 19.4 Å². The van der Waals surface area contributed by atoms with Crippen LogP contribution in [0.5, 0.6) is 11.5 Å². The van der Waals surface area contributed by atoms with Gasteiger partial charge in [0.1, 0.15) is 0 Å². The van der Waals surface area contributed by atoms with Crippen molar-refractivity contribution in [2.24, 2.45) is 4.99 Å². The van der Waals surface area contributed by atoms with E-state index in [-0.39, 0.29) is 11.7 Å². The Morgan fingerprint density at radius 3 is 2.73 bits per heavy atom. The van der Waals surface area contributed by atoms with Gasteiger partial charge in [-0.3, -0.25) is 14.6 Å². The van der Waals surface area contributed by atoms with Crippen LogP contribution in [-0.2, 0) is 11.2 Å². The molecule has 8 heteroatoms. The minimum atomic E-state index is -1.11. The number of pyridine rings is 1. The molecule has 8 nitrogen and oxygen atoms in total. The summed E-state index contributed by atoms with van der Waals surface area (Å²) in [4.78, 5) is 36.7. The molecule has 2 aliphatic rings. The third-order valence-corrected chi connectivity index (χ3v) is 5.88. The molecular weight excluding hydrogens is 420 g/mol. The second-order valence-electron chi connectivity index (χ2n) is 8.04. The number of aliphatic imine (C=N–C) groups is 1. The fourth-order valence-corrected chi connectivity index (χ4v) is 4.37. The van der Waals surface area contributed by atoms with Crippen molar-refractivity contribution in [1.29, 1.82) is 0 Å². The van der Waals surface area contributed by atoms with Crippen LogP contribution >= 0.6 is 0 Å². The maximum atomic E-state index is 13.5. The van der Waals surface area contributed by atoms with E-state index in [0.29, 0.717) is 29.1 Å². The smallest absolute Gasteiger partial charge is 0.272 e. The lowest BCUT2D eigenvalue weighted by molar-refractivity contribution is -0.120. The van der Waals surface area contributed by atoms with Crippen LogP contribution in [0.25, 0.3) is 0 Å². The maximum absolute atomic E-state index is 13.5. The fraction of sp³-hybridized carbons (Fsp3) is 0.200. The number of benzene rings is 2. The number of nitrogens with zero attached hydrogens (tertiary/aromatic N) is 3. The topological polar surface area (TPSA) is 104 Å². The Balaban J connectivity index is 1.66. The van der Waals surface area contributed by atoms with Crippen LogP contribution in [0.1, 0.15) is 32.6 Å². The van der Waals surface area contributed by atoms with Gasteiger partial charge in [0.15, 0.2) is 11.5 Å². The summed E-state index contributed by atoms with van der Waals surface area (Å²) in [6.07, 6.45) is 2.66. The van der Waals surface area contributed by atoms with Gasteiger partial charge in [-0.15, -0.1) is 0 Å². The number of aromatic nitrogens is 1. The summed E-state index contributed by atoms with van der Waals surface area (Å²) in [5.74, 6) is -0.403. The molecule has 1 aromatic heterocycles. The van der Waals surface area contributed by atoms with Crippen LogP contribution in [0, 0.1) is 6.92 Å². The molecule has 166 valence electrons. The van der Waals surface area contributed by atoms with Crippen LogP contribution in [0.4, 0.5) is 5.69 Å². The Morgan fingerprint density at radius 1 is 1.18 bits per heavy atom. The highest BCUT2D eigenvalue weighted by molar-refractivity contribution is 6.21. The Labute approximate surface area is 190 Å². The SMILES string of the molecule is COc1cc(C2=N[C@@H](NC(=O)c3ccncc3)C(=O)N3CCc4cc(C)cc2c43)ccc1O. The average Bonchev–Trinajstić information content (AvgIpc) is 3.21. The Kier molecular flexibility index (Phi) is 5.05. The minimum absolute atomic E-state index is 0.00480. The zero-order chi connectivity index (χ0) is 23.1. The van der Waals surface area contributed by atoms with Crippen LogP contribution in [0.15, 0.2) is 59.9 Å². The third-order valence-electron chi connectivity index (χ3n) is 5.88. The molecule has 0 fully saturated rings. The maximum Gasteiger partial charge on any atom is 0.272 e. The molecule has 0 aliphatic carbocycles. The van der Waals surface area contributed by atoms with Crippen molar-refractivity contribution in [2.45, 2.75) is 19.5 Å². The summed E-state index contributed by atoms with van der Waals surface area (Å²) in [7, 11) is 1.47. The molecule has 0 unspecified atom stereocenters. The monoisotopic (exact) mass is 442 g/mol.